The van der Waals surface area contributed by atoms with Crippen molar-refractivity contribution in [2.24, 2.45) is 12.0 Å². The molecule has 0 fully saturated rings. The summed E-state index contributed by atoms with van der Waals surface area (Å²) in [5.74, 6) is -0.150. The van der Waals surface area contributed by atoms with Gasteiger partial charge in [-0.15, -0.1) is 0 Å². The molecule has 0 radical (unpaired) electrons. The Hall–Kier alpha value is -2.20. The van der Waals surface area contributed by atoms with Crippen LogP contribution in [-0.2, 0) is 19.9 Å². The fourth-order valence-corrected chi connectivity index (χ4v) is 4.62. The summed E-state index contributed by atoms with van der Waals surface area (Å²) in [5, 5.41) is 0. The van der Waals surface area contributed by atoms with E-state index < -0.39 is 0 Å². The van der Waals surface area contributed by atoms with Crippen molar-refractivity contribution in [1.29, 1.82) is 0 Å². The minimum atomic E-state index is -0.150. The van der Waals surface area contributed by atoms with Crippen LogP contribution in [0.3, 0.4) is 0 Å². The smallest absolute Gasteiger partial charge is 0.279 e. The Morgan fingerprint density at radius 2 is 1.92 bits per heavy atom. The van der Waals surface area contributed by atoms with E-state index >= 15 is 0 Å². The molecule has 0 saturated carbocycles. The summed E-state index contributed by atoms with van der Waals surface area (Å²) >= 11 is 1.57. The molecule has 0 unspecified atom stereocenters. The van der Waals surface area contributed by atoms with Gasteiger partial charge in [0.25, 0.3) is 5.91 Å². The van der Waals surface area contributed by atoms with Gasteiger partial charge in [-0.3, -0.25) is 4.79 Å². The fourth-order valence-electron chi connectivity index (χ4n) is 3.52. The molecule has 1 amide bonds. The third-order valence-corrected chi connectivity index (χ3v) is 5.91. The second kappa shape index (κ2) is 6.02. The first-order valence-electron chi connectivity index (χ1n) is 8.39. The van der Waals surface area contributed by atoms with E-state index in [9.17, 15) is 4.79 Å². The highest BCUT2D eigenvalue weighted by molar-refractivity contribution is 7.16. The summed E-state index contributed by atoms with van der Waals surface area (Å²) < 4.78 is 3.18. The molecule has 1 heterocycles. The van der Waals surface area contributed by atoms with Gasteiger partial charge in [-0.25, -0.2) is 0 Å². The lowest BCUT2D eigenvalue weighted by Gasteiger charge is -2.15. The lowest BCUT2D eigenvalue weighted by Crippen LogP contribution is -2.14. The second-order valence-corrected chi connectivity index (χ2v) is 7.48. The molecule has 122 valence electrons. The Morgan fingerprint density at radius 1 is 1.12 bits per heavy atom. The molecule has 0 bridgehead atoms. The molecule has 4 heteroatoms. The van der Waals surface area contributed by atoms with E-state index in [0.717, 1.165) is 27.9 Å². The van der Waals surface area contributed by atoms with Gasteiger partial charge >= 0.3 is 0 Å². The van der Waals surface area contributed by atoms with Gasteiger partial charge in [0.1, 0.15) is 0 Å². The van der Waals surface area contributed by atoms with Gasteiger partial charge in [0, 0.05) is 12.6 Å². The van der Waals surface area contributed by atoms with Crippen LogP contribution in [0.5, 0.6) is 0 Å². The van der Waals surface area contributed by atoms with Crippen LogP contribution >= 0.6 is 11.3 Å². The second-order valence-electron chi connectivity index (χ2n) is 6.47. The van der Waals surface area contributed by atoms with Gasteiger partial charge in [-0.1, -0.05) is 29.5 Å². The maximum Gasteiger partial charge on any atom is 0.279 e. The lowest BCUT2D eigenvalue weighted by molar-refractivity contribution is 0.0998. The average Bonchev–Trinajstić information content (AvgIpc) is 2.91. The number of fused-ring (bicyclic) bond motifs is 2. The molecule has 2 aromatic carbocycles. The van der Waals surface area contributed by atoms with Crippen molar-refractivity contribution in [1.82, 2.24) is 4.57 Å². The molecule has 3 nitrogen and oxygen atoms in total. The van der Waals surface area contributed by atoms with Crippen LogP contribution in [-0.4, -0.2) is 10.5 Å². The number of hydrogen-bond donors (Lipinski definition) is 0. The fraction of sp³-hybridized carbons (Fsp3) is 0.300. The highest BCUT2D eigenvalue weighted by atomic mass is 32.1. The minimum absolute atomic E-state index is 0.150. The Morgan fingerprint density at radius 3 is 2.71 bits per heavy atom. The molecule has 4 rings (SSSR count). The Kier molecular flexibility index (Phi) is 3.85. The zero-order chi connectivity index (χ0) is 16.7. The molecule has 0 saturated heterocycles. The highest BCUT2D eigenvalue weighted by Crippen LogP contribution is 2.23. The monoisotopic (exact) mass is 336 g/mol. The van der Waals surface area contributed by atoms with Crippen LogP contribution in [0, 0.1) is 6.92 Å². The zero-order valence-electron chi connectivity index (χ0n) is 14.0. The maximum absolute atomic E-state index is 12.6. The number of aryl methyl sites for hydroxylation is 4. The van der Waals surface area contributed by atoms with Crippen molar-refractivity contribution >= 4 is 27.5 Å². The predicted molar refractivity (Wildman–Crippen MR) is 98.5 cm³/mol. The molecule has 0 aliphatic heterocycles. The number of carbonyl (C=O) groups is 1. The van der Waals surface area contributed by atoms with Crippen LogP contribution in [0.2, 0.25) is 0 Å². The molecule has 0 N–H and O–H groups in total. The van der Waals surface area contributed by atoms with Crippen molar-refractivity contribution < 1.29 is 4.79 Å². The van der Waals surface area contributed by atoms with Gasteiger partial charge in [0.15, 0.2) is 4.80 Å². The summed E-state index contributed by atoms with van der Waals surface area (Å²) in [6, 6.07) is 12.3. The van der Waals surface area contributed by atoms with E-state index in [1.165, 1.54) is 29.5 Å². The van der Waals surface area contributed by atoms with Crippen LogP contribution < -0.4 is 4.80 Å². The molecule has 24 heavy (non-hydrogen) atoms. The SMILES string of the molecule is Cc1cccc2sc(=NC(=O)c3ccc4c(c3)CCCC4)n(C)c12. The number of hydrogen-bond acceptors (Lipinski definition) is 2. The number of para-hydroxylation sites is 1. The third kappa shape index (κ3) is 2.61. The van der Waals surface area contributed by atoms with Gasteiger partial charge < -0.3 is 4.57 Å². The number of aromatic nitrogens is 1. The summed E-state index contributed by atoms with van der Waals surface area (Å²) in [6.07, 6.45) is 4.67. The molecule has 1 aliphatic carbocycles. The van der Waals surface area contributed by atoms with Crippen molar-refractivity contribution in [2.75, 3.05) is 0 Å². The van der Waals surface area contributed by atoms with E-state index in [4.69, 9.17) is 0 Å². The van der Waals surface area contributed by atoms with Gasteiger partial charge in [-0.2, -0.15) is 4.99 Å². The van der Waals surface area contributed by atoms with Crippen LogP contribution in [0.1, 0.15) is 39.9 Å². The third-order valence-electron chi connectivity index (χ3n) is 4.82. The van der Waals surface area contributed by atoms with Crippen LogP contribution in [0.25, 0.3) is 10.2 Å². The van der Waals surface area contributed by atoms with E-state index in [2.05, 4.69) is 30.1 Å². The predicted octanol–water partition coefficient (Wildman–Crippen LogP) is 4.17. The molecular weight excluding hydrogens is 316 g/mol. The molecule has 0 spiro atoms. The van der Waals surface area contributed by atoms with Crippen molar-refractivity contribution in [2.45, 2.75) is 32.6 Å². The first-order valence-corrected chi connectivity index (χ1v) is 9.21. The molecule has 0 atom stereocenters. The number of amides is 1. The van der Waals surface area contributed by atoms with Gasteiger partial charge in [-0.05, 0) is 67.5 Å². The number of carbonyl (C=O) groups excluding carboxylic acids is 1. The molecule has 1 aliphatic rings. The number of rotatable bonds is 1. The van der Waals surface area contributed by atoms with Crippen molar-refractivity contribution in [3.8, 4) is 0 Å². The molecular formula is C20H20N2OS. The van der Waals surface area contributed by atoms with E-state index in [-0.39, 0.29) is 5.91 Å². The number of nitrogens with zero attached hydrogens (tertiary/aromatic N) is 2. The molecule has 1 aromatic heterocycles. The van der Waals surface area contributed by atoms with E-state index in [0.29, 0.717) is 5.56 Å². The first-order chi connectivity index (χ1) is 11.6. The Bertz CT molecular complexity index is 1010. The van der Waals surface area contributed by atoms with Crippen molar-refractivity contribution in [3.63, 3.8) is 0 Å². The van der Waals surface area contributed by atoms with E-state index in [1.807, 2.05) is 29.8 Å². The molecule has 3 aromatic rings. The van der Waals surface area contributed by atoms with Gasteiger partial charge in [0.05, 0.1) is 10.2 Å². The summed E-state index contributed by atoms with van der Waals surface area (Å²) in [6.45, 7) is 2.09. The standard InChI is InChI=1S/C20H20N2OS/c1-13-6-5-9-17-18(13)22(2)20(24-17)21-19(23)16-11-10-14-7-3-4-8-15(14)12-16/h5-6,9-12H,3-4,7-8H2,1-2H3. The Balaban J connectivity index is 1.77. The Labute approximate surface area is 145 Å². The quantitative estimate of drug-likeness (QED) is 0.657. The number of thiazole rings is 1. The van der Waals surface area contributed by atoms with Crippen LogP contribution in [0.4, 0.5) is 0 Å². The van der Waals surface area contributed by atoms with Crippen molar-refractivity contribution in [3.05, 3.63) is 63.5 Å². The van der Waals surface area contributed by atoms with Gasteiger partial charge in [0.2, 0.25) is 0 Å². The summed E-state index contributed by atoms with van der Waals surface area (Å²) in [4.78, 5) is 17.8. The summed E-state index contributed by atoms with van der Waals surface area (Å²) in [5.41, 5.74) is 5.76. The minimum Gasteiger partial charge on any atom is -0.319 e. The average molecular weight is 336 g/mol. The maximum atomic E-state index is 12.6. The largest absolute Gasteiger partial charge is 0.319 e. The normalized spacial score (nSPS) is 14.8. The first kappa shape index (κ1) is 15.3. The lowest BCUT2D eigenvalue weighted by atomic mass is 9.90. The van der Waals surface area contributed by atoms with Crippen LogP contribution in [0.15, 0.2) is 41.4 Å². The highest BCUT2D eigenvalue weighted by Gasteiger charge is 2.13. The summed E-state index contributed by atoms with van der Waals surface area (Å²) in [7, 11) is 1.98. The topological polar surface area (TPSA) is 34.4 Å². The zero-order valence-corrected chi connectivity index (χ0v) is 14.8. The van der Waals surface area contributed by atoms with E-state index in [1.54, 1.807) is 11.3 Å². The number of benzene rings is 2.